The maximum Gasteiger partial charge on any atom is 0.0409 e. The minimum atomic E-state index is 0.312. The number of benzene rings is 2. The fraction of sp³-hybridized carbons (Fsp3) is 0.294. The van der Waals surface area contributed by atoms with Crippen molar-refractivity contribution in [2.75, 3.05) is 12.8 Å². The number of aryl methyl sites for hydroxylation is 1. The van der Waals surface area contributed by atoms with Gasteiger partial charge in [0.1, 0.15) is 0 Å². The molecule has 2 aromatic rings. The van der Waals surface area contributed by atoms with Crippen LogP contribution < -0.4 is 5.73 Å². The van der Waals surface area contributed by atoms with Crippen molar-refractivity contribution < 1.29 is 0 Å². The number of halogens is 1. The summed E-state index contributed by atoms with van der Waals surface area (Å²) in [5.41, 5.74) is 10.3. The first-order chi connectivity index (χ1) is 9.47. The highest BCUT2D eigenvalue weighted by Crippen LogP contribution is 2.24. The number of anilines is 1. The summed E-state index contributed by atoms with van der Waals surface area (Å²) in [7, 11) is 2.12. The summed E-state index contributed by atoms with van der Waals surface area (Å²) in [5, 5.41) is 0.783. The zero-order chi connectivity index (χ0) is 14.7. The molecule has 2 rings (SSSR count). The Bertz CT molecular complexity index is 595. The predicted molar refractivity (Wildman–Crippen MR) is 86.9 cm³/mol. The van der Waals surface area contributed by atoms with E-state index in [0.29, 0.717) is 6.04 Å². The number of nitrogens with two attached hydrogens (primary N) is 1. The summed E-state index contributed by atoms with van der Waals surface area (Å²) >= 11 is 6.06. The Balaban J connectivity index is 2.11. The molecule has 20 heavy (non-hydrogen) atoms. The van der Waals surface area contributed by atoms with E-state index < -0.39 is 0 Å². The maximum absolute atomic E-state index is 6.06. The molecule has 0 fully saturated rings. The van der Waals surface area contributed by atoms with Gasteiger partial charge in [-0.3, -0.25) is 4.90 Å². The largest absolute Gasteiger partial charge is 0.399 e. The van der Waals surface area contributed by atoms with E-state index in [-0.39, 0.29) is 0 Å². The minimum absolute atomic E-state index is 0.312. The van der Waals surface area contributed by atoms with Crippen LogP contribution in [0.1, 0.15) is 29.7 Å². The lowest BCUT2D eigenvalue weighted by Crippen LogP contribution is -2.22. The molecule has 0 spiro atoms. The lowest BCUT2D eigenvalue weighted by molar-refractivity contribution is 0.253. The molecule has 0 heterocycles. The molecule has 106 valence electrons. The molecular formula is C17H21ClN2. The van der Waals surface area contributed by atoms with Crippen LogP contribution in [0.5, 0.6) is 0 Å². The molecule has 0 saturated carbocycles. The molecule has 0 saturated heterocycles. The standard InChI is InChI=1S/C17H21ClN2/c1-12-9-14(7-8-17(12)19)11-20(3)13(2)15-5-4-6-16(18)10-15/h4-10,13H,11,19H2,1-3H3. The Morgan fingerprint density at radius 3 is 2.60 bits per heavy atom. The number of nitrogen functional groups attached to an aromatic ring is 1. The normalized spacial score (nSPS) is 12.7. The maximum atomic E-state index is 6.06. The first-order valence-corrected chi connectivity index (χ1v) is 7.16. The van der Waals surface area contributed by atoms with Gasteiger partial charge in [-0.25, -0.2) is 0 Å². The molecule has 2 aromatic carbocycles. The van der Waals surface area contributed by atoms with Gasteiger partial charge < -0.3 is 5.73 Å². The van der Waals surface area contributed by atoms with Crippen LogP contribution in [0.25, 0.3) is 0 Å². The molecule has 0 aliphatic rings. The topological polar surface area (TPSA) is 29.3 Å². The number of rotatable bonds is 4. The van der Waals surface area contributed by atoms with Gasteiger partial charge >= 0.3 is 0 Å². The van der Waals surface area contributed by atoms with E-state index >= 15 is 0 Å². The van der Waals surface area contributed by atoms with Gasteiger partial charge in [-0.05, 0) is 55.8 Å². The summed E-state index contributed by atoms with van der Waals surface area (Å²) in [6.07, 6.45) is 0. The number of hydrogen-bond donors (Lipinski definition) is 1. The van der Waals surface area contributed by atoms with Crippen molar-refractivity contribution in [3.05, 3.63) is 64.2 Å². The monoisotopic (exact) mass is 288 g/mol. The lowest BCUT2D eigenvalue weighted by Gasteiger charge is -2.25. The molecule has 1 unspecified atom stereocenters. The van der Waals surface area contributed by atoms with E-state index in [4.69, 9.17) is 17.3 Å². The van der Waals surface area contributed by atoms with Crippen LogP contribution in [0.15, 0.2) is 42.5 Å². The first-order valence-electron chi connectivity index (χ1n) is 6.78. The molecule has 0 radical (unpaired) electrons. The molecule has 2 nitrogen and oxygen atoms in total. The fourth-order valence-electron chi connectivity index (χ4n) is 2.28. The second-order valence-electron chi connectivity index (χ2n) is 5.34. The first kappa shape index (κ1) is 14.9. The van der Waals surface area contributed by atoms with E-state index in [0.717, 1.165) is 22.8 Å². The van der Waals surface area contributed by atoms with Gasteiger partial charge in [0.05, 0.1) is 0 Å². The summed E-state index contributed by atoms with van der Waals surface area (Å²) in [4.78, 5) is 2.30. The van der Waals surface area contributed by atoms with Gasteiger partial charge in [-0.2, -0.15) is 0 Å². The van der Waals surface area contributed by atoms with Gasteiger partial charge in [0, 0.05) is 23.3 Å². The van der Waals surface area contributed by atoms with E-state index in [2.05, 4.69) is 37.1 Å². The van der Waals surface area contributed by atoms with Crippen molar-refractivity contribution in [2.24, 2.45) is 0 Å². The predicted octanol–water partition coefficient (Wildman–Crippen LogP) is 4.42. The van der Waals surface area contributed by atoms with Crippen molar-refractivity contribution in [2.45, 2.75) is 26.4 Å². The van der Waals surface area contributed by atoms with E-state index in [9.17, 15) is 0 Å². The highest BCUT2D eigenvalue weighted by molar-refractivity contribution is 6.30. The molecular weight excluding hydrogens is 268 g/mol. The fourth-order valence-corrected chi connectivity index (χ4v) is 2.48. The molecule has 0 aliphatic heterocycles. The number of hydrogen-bond acceptors (Lipinski definition) is 2. The van der Waals surface area contributed by atoms with Crippen LogP contribution in [-0.4, -0.2) is 11.9 Å². The van der Waals surface area contributed by atoms with Crippen molar-refractivity contribution in [3.8, 4) is 0 Å². The highest BCUT2D eigenvalue weighted by Gasteiger charge is 2.12. The minimum Gasteiger partial charge on any atom is -0.399 e. The molecule has 2 N–H and O–H groups in total. The van der Waals surface area contributed by atoms with Crippen LogP contribution >= 0.6 is 11.6 Å². The molecule has 3 heteroatoms. The molecule has 0 bridgehead atoms. The second-order valence-corrected chi connectivity index (χ2v) is 5.77. The van der Waals surface area contributed by atoms with E-state index in [1.165, 1.54) is 11.1 Å². The van der Waals surface area contributed by atoms with Gasteiger partial charge in [-0.15, -0.1) is 0 Å². The van der Waals surface area contributed by atoms with Crippen LogP contribution in [0.3, 0.4) is 0 Å². The quantitative estimate of drug-likeness (QED) is 0.844. The number of nitrogens with zero attached hydrogens (tertiary/aromatic N) is 1. The Kier molecular flexibility index (Phi) is 4.69. The van der Waals surface area contributed by atoms with Crippen LogP contribution in [0.4, 0.5) is 5.69 Å². The third kappa shape index (κ3) is 3.53. The molecule has 0 aliphatic carbocycles. The Morgan fingerprint density at radius 2 is 1.95 bits per heavy atom. The molecule has 0 amide bonds. The van der Waals surface area contributed by atoms with Crippen LogP contribution in [0.2, 0.25) is 5.02 Å². The van der Waals surface area contributed by atoms with Crippen LogP contribution in [0, 0.1) is 6.92 Å². The van der Waals surface area contributed by atoms with Crippen molar-refractivity contribution >= 4 is 17.3 Å². The Labute approximate surface area is 126 Å². The smallest absolute Gasteiger partial charge is 0.0409 e. The lowest BCUT2D eigenvalue weighted by atomic mass is 10.1. The Morgan fingerprint density at radius 1 is 1.20 bits per heavy atom. The summed E-state index contributed by atoms with van der Waals surface area (Å²) in [6, 6.07) is 14.6. The summed E-state index contributed by atoms with van der Waals surface area (Å²) in [5.74, 6) is 0. The summed E-state index contributed by atoms with van der Waals surface area (Å²) < 4.78 is 0. The van der Waals surface area contributed by atoms with Crippen molar-refractivity contribution in [1.29, 1.82) is 0 Å². The second kappa shape index (κ2) is 6.29. The van der Waals surface area contributed by atoms with Gasteiger partial charge in [-0.1, -0.05) is 35.9 Å². The van der Waals surface area contributed by atoms with Gasteiger partial charge in [0.2, 0.25) is 0 Å². The SMILES string of the molecule is Cc1cc(CN(C)C(C)c2cccc(Cl)c2)ccc1N. The summed E-state index contributed by atoms with van der Waals surface area (Å²) in [6.45, 7) is 5.11. The van der Waals surface area contributed by atoms with Crippen molar-refractivity contribution in [3.63, 3.8) is 0 Å². The van der Waals surface area contributed by atoms with Gasteiger partial charge in [0.15, 0.2) is 0 Å². The average Bonchev–Trinajstić information content (AvgIpc) is 2.42. The van der Waals surface area contributed by atoms with Crippen molar-refractivity contribution in [1.82, 2.24) is 4.90 Å². The zero-order valence-electron chi connectivity index (χ0n) is 12.2. The van der Waals surface area contributed by atoms with Gasteiger partial charge in [0.25, 0.3) is 0 Å². The average molecular weight is 289 g/mol. The zero-order valence-corrected chi connectivity index (χ0v) is 13.0. The third-order valence-electron chi connectivity index (χ3n) is 3.76. The third-order valence-corrected chi connectivity index (χ3v) is 3.99. The highest BCUT2D eigenvalue weighted by atomic mass is 35.5. The van der Waals surface area contributed by atoms with Crippen LogP contribution in [-0.2, 0) is 6.54 Å². The Hall–Kier alpha value is -1.51. The van der Waals surface area contributed by atoms with E-state index in [1.54, 1.807) is 0 Å². The molecule has 1 atom stereocenters. The van der Waals surface area contributed by atoms with E-state index in [1.807, 2.05) is 31.2 Å². The molecule has 0 aromatic heterocycles.